The quantitative estimate of drug-likeness (QED) is 0.173. The third-order valence-corrected chi connectivity index (χ3v) is 13.5. The Morgan fingerprint density at radius 3 is 1.82 bits per heavy atom. The summed E-state index contributed by atoms with van der Waals surface area (Å²) >= 11 is 0. The molecule has 0 bridgehead atoms. The first kappa shape index (κ1) is 35.9. The Kier molecular flexibility index (Phi) is 7.68. The van der Waals surface area contributed by atoms with Gasteiger partial charge in [0.25, 0.3) is 0 Å². The topological polar surface area (TPSA) is 56.7 Å². The van der Waals surface area contributed by atoms with Crippen molar-refractivity contribution in [3.63, 3.8) is 0 Å². The molecule has 0 aliphatic heterocycles. The SMILES string of the molecule is c1ccc(-c2nc(-c3ccccc3)nc(-c3cccc4oc5cc(C6c7ccccc7-c7c6c6c(c8ccccc78)c7c8ccccc8ccc7n6-c6ccccc6)ccc5c34)n2)cc1. The molecule has 302 valence electrons. The second-order valence-corrected chi connectivity index (χ2v) is 17.0. The Balaban J connectivity index is 1.04. The van der Waals surface area contributed by atoms with E-state index >= 15 is 0 Å². The number of hydrogen-bond acceptors (Lipinski definition) is 4. The third kappa shape index (κ3) is 5.30. The highest BCUT2D eigenvalue weighted by molar-refractivity contribution is 6.32. The summed E-state index contributed by atoms with van der Waals surface area (Å²) in [5.41, 5.74) is 14.3. The Labute approximate surface area is 373 Å². The van der Waals surface area contributed by atoms with Gasteiger partial charge < -0.3 is 8.98 Å². The number of fused-ring (bicyclic) bond motifs is 15. The smallest absolute Gasteiger partial charge is 0.164 e. The molecule has 1 atom stereocenters. The highest BCUT2D eigenvalue weighted by atomic mass is 16.3. The summed E-state index contributed by atoms with van der Waals surface area (Å²) in [5, 5.41) is 9.57. The van der Waals surface area contributed by atoms with Crippen LogP contribution in [0.1, 0.15) is 22.6 Å². The zero-order valence-corrected chi connectivity index (χ0v) is 35.0. The summed E-state index contributed by atoms with van der Waals surface area (Å²) in [6.07, 6.45) is 0. The Bertz CT molecular complexity index is 4000. The van der Waals surface area contributed by atoms with Crippen molar-refractivity contribution in [2.75, 3.05) is 0 Å². The van der Waals surface area contributed by atoms with E-state index in [4.69, 9.17) is 19.4 Å². The number of aromatic nitrogens is 4. The maximum atomic E-state index is 6.89. The molecule has 0 fully saturated rings. The fourth-order valence-electron chi connectivity index (χ4n) is 10.8. The number of nitrogens with zero attached hydrogens (tertiary/aromatic N) is 4. The predicted molar refractivity (Wildman–Crippen MR) is 266 cm³/mol. The van der Waals surface area contributed by atoms with Crippen molar-refractivity contribution in [1.82, 2.24) is 19.5 Å². The van der Waals surface area contributed by atoms with Gasteiger partial charge in [0, 0.05) is 49.8 Å². The van der Waals surface area contributed by atoms with E-state index in [-0.39, 0.29) is 5.92 Å². The standard InChI is InChI=1S/C60H36N4O/c1-4-18-37(19-5-1)58-61-59(38-20-6-2-7-21-38)63-60(62-58)47-29-16-30-49-52(47)46-33-31-39(35-50(46)65-49)51-42-25-12-13-26-43(42)53-44-27-14-15-28-45(44)55-54-41-24-11-10-17-36(41)32-34-48(54)64(57(55)56(51)53)40-22-8-3-9-23-40/h1-35,51H. The lowest BCUT2D eigenvalue weighted by Gasteiger charge is -2.19. The highest BCUT2D eigenvalue weighted by Crippen LogP contribution is 2.56. The molecule has 0 amide bonds. The van der Waals surface area contributed by atoms with Gasteiger partial charge in [-0.15, -0.1) is 0 Å². The van der Waals surface area contributed by atoms with E-state index in [9.17, 15) is 0 Å². The minimum absolute atomic E-state index is 0.0752. The molecule has 1 aliphatic carbocycles. The maximum absolute atomic E-state index is 6.89. The number of benzene rings is 10. The molecule has 65 heavy (non-hydrogen) atoms. The van der Waals surface area contributed by atoms with E-state index in [1.165, 1.54) is 71.2 Å². The summed E-state index contributed by atoms with van der Waals surface area (Å²) in [7, 11) is 0. The molecule has 10 aromatic carbocycles. The number of furan rings is 1. The molecule has 0 radical (unpaired) electrons. The van der Waals surface area contributed by atoms with Crippen LogP contribution in [0.4, 0.5) is 0 Å². The van der Waals surface area contributed by atoms with Crippen LogP contribution in [0.2, 0.25) is 0 Å². The van der Waals surface area contributed by atoms with Crippen molar-refractivity contribution in [1.29, 1.82) is 0 Å². The predicted octanol–water partition coefficient (Wildman–Crippen LogP) is 15.3. The Hall–Kier alpha value is -8.67. The summed E-state index contributed by atoms with van der Waals surface area (Å²) in [5.74, 6) is 1.78. The van der Waals surface area contributed by atoms with Crippen LogP contribution in [0.3, 0.4) is 0 Å². The van der Waals surface area contributed by atoms with E-state index in [1.807, 2.05) is 72.8 Å². The first-order chi connectivity index (χ1) is 32.3. The van der Waals surface area contributed by atoms with Gasteiger partial charge in [0.15, 0.2) is 17.5 Å². The van der Waals surface area contributed by atoms with Gasteiger partial charge in [-0.2, -0.15) is 0 Å². The zero-order valence-electron chi connectivity index (χ0n) is 35.0. The van der Waals surface area contributed by atoms with Crippen molar-refractivity contribution in [2.45, 2.75) is 5.92 Å². The number of para-hydroxylation sites is 1. The Morgan fingerprint density at radius 1 is 0.415 bits per heavy atom. The van der Waals surface area contributed by atoms with Crippen LogP contribution in [0.25, 0.3) is 116 Å². The molecule has 3 heterocycles. The van der Waals surface area contributed by atoms with Gasteiger partial charge >= 0.3 is 0 Å². The minimum Gasteiger partial charge on any atom is -0.456 e. The summed E-state index contributed by atoms with van der Waals surface area (Å²) in [4.78, 5) is 15.2. The van der Waals surface area contributed by atoms with Crippen LogP contribution in [0, 0.1) is 0 Å². The molecule has 5 nitrogen and oxygen atoms in total. The molecule has 0 saturated carbocycles. The van der Waals surface area contributed by atoms with Gasteiger partial charge in [-0.05, 0) is 79.7 Å². The molecular weight excluding hydrogens is 793 g/mol. The molecule has 0 saturated heterocycles. The van der Waals surface area contributed by atoms with E-state index in [0.717, 1.165) is 44.3 Å². The van der Waals surface area contributed by atoms with Gasteiger partial charge in [0.1, 0.15) is 11.2 Å². The lowest BCUT2D eigenvalue weighted by atomic mass is 9.86. The first-order valence-corrected chi connectivity index (χ1v) is 22.1. The average Bonchev–Trinajstić information content (AvgIpc) is 4.05. The number of rotatable bonds is 5. The van der Waals surface area contributed by atoms with Crippen LogP contribution >= 0.6 is 0 Å². The lowest BCUT2D eigenvalue weighted by molar-refractivity contribution is 0.668. The number of hydrogen-bond donors (Lipinski definition) is 0. The summed E-state index contributed by atoms with van der Waals surface area (Å²) in [6.45, 7) is 0. The van der Waals surface area contributed by atoms with Gasteiger partial charge in [-0.25, -0.2) is 15.0 Å². The monoisotopic (exact) mass is 828 g/mol. The zero-order chi connectivity index (χ0) is 42.6. The van der Waals surface area contributed by atoms with Crippen molar-refractivity contribution in [2.24, 2.45) is 0 Å². The van der Waals surface area contributed by atoms with Crippen molar-refractivity contribution in [3.8, 4) is 51.0 Å². The minimum atomic E-state index is -0.0752. The molecule has 0 N–H and O–H groups in total. The normalized spacial score (nSPS) is 13.4. The fraction of sp³-hybridized carbons (Fsp3) is 0.0167. The molecule has 5 heteroatoms. The first-order valence-electron chi connectivity index (χ1n) is 22.1. The second-order valence-electron chi connectivity index (χ2n) is 17.0. The van der Waals surface area contributed by atoms with Gasteiger partial charge in [-0.1, -0.05) is 182 Å². The molecule has 1 aliphatic rings. The molecule has 13 aromatic rings. The molecule has 0 spiro atoms. The molecule has 1 unspecified atom stereocenters. The van der Waals surface area contributed by atoms with Crippen LogP contribution in [-0.2, 0) is 0 Å². The van der Waals surface area contributed by atoms with Crippen molar-refractivity contribution >= 4 is 65.3 Å². The second kappa shape index (κ2) is 13.9. The van der Waals surface area contributed by atoms with E-state index < -0.39 is 0 Å². The van der Waals surface area contributed by atoms with Crippen molar-refractivity contribution < 1.29 is 4.42 Å². The summed E-state index contributed by atoms with van der Waals surface area (Å²) < 4.78 is 9.41. The lowest BCUT2D eigenvalue weighted by Crippen LogP contribution is -2.03. The summed E-state index contributed by atoms with van der Waals surface area (Å²) in [6, 6.07) is 75.6. The van der Waals surface area contributed by atoms with Crippen LogP contribution in [-0.4, -0.2) is 19.5 Å². The van der Waals surface area contributed by atoms with Crippen LogP contribution in [0.5, 0.6) is 0 Å². The maximum Gasteiger partial charge on any atom is 0.164 e. The van der Waals surface area contributed by atoms with E-state index in [0.29, 0.717) is 17.5 Å². The van der Waals surface area contributed by atoms with E-state index in [2.05, 4.69) is 144 Å². The van der Waals surface area contributed by atoms with Gasteiger partial charge in [0.2, 0.25) is 0 Å². The largest absolute Gasteiger partial charge is 0.456 e. The Morgan fingerprint density at radius 2 is 1.05 bits per heavy atom. The van der Waals surface area contributed by atoms with Crippen LogP contribution in [0.15, 0.2) is 217 Å². The highest BCUT2D eigenvalue weighted by Gasteiger charge is 2.36. The fourth-order valence-corrected chi connectivity index (χ4v) is 10.8. The van der Waals surface area contributed by atoms with Gasteiger partial charge in [-0.3, -0.25) is 0 Å². The van der Waals surface area contributed by atoms with Crippen molar-refractivity contribution in [3.05, 3.63) is 229 Å². The molecule has 3 aromatic heterocycles. The molecular formula is C60H36N4O. The molecule has 14 rings (SSSR count). The third-order valence-electron chi connectivity index (χ3n) is 13.5. The van der Waals surface area contributed by atoms with E-state index in [1.54, 1.807) is 0 Å². The van der Waals surface area contributed by atoms with Gasteiger partial charge in [0.05, 0.1) is 11.0 Å². The van der Waals surface area contributed by atoms with Crippen LogP contribution < -0.4 is 0 Å². The average molecular weight is 829 g/mol.